The maximum atomic E-state index is 12.7. The van der Waals surface area contributed by atoms with Gasteiger partial charge in [-0.3, -0.25) is 4.72 Å². The summed E-state index contributed by atoms with van der Waals surface area (Å²) in [7, 11) is -3.96. The van der Waals surface area contributed by atoms with E-state index >= 15 is 0 Å². The van der Waals surface area contributed by atoms with Gasteiger partial charge in [0.15, 0.2) is 0 Å². The standard InChI is InChI=1S/C22H21ClN2O4S/c1-2-25(15-16-8-4-3-5-9-16)20-13-12-17(14-18(20)22(26)27)24-30(28,29)21-11-7-6-10-19(21)23/h3-14,24H,2,15H2,1H3,(H,26,27). The largest absolute Gasteiger partial charge is 0.478 e. The van der Waals surface area contributed by atoms with Gasteiger partial charge in [-0.25, -0.2) is 13.2 Å². The van der Waals surface area contributed by atoms with E-state index in [1.807, 2.05) is 42.2 Å². The first-order chi connectivity index (χ1) is 14.3. The summed E-state index contributed by atoms with van der Waals surface area (Å²) >= 11 is 6.00. The molecular weight excluding hydrogens is 424 g/mol. The number of carbonyl (C=O) groups is 1. The van der Waals surface area contributed by atoms with E-state index in [0.717, 1.165) is 5.56 Å². The summed E-state index contributed by atoms with van der Waals surface area (Å²) in [5.41, 5.74) is 1.70. The van der Waals surface area contributed by atoms with Crippen LogP contribution in [-0.4, -0.2) is 26.0 Å². The third-order valence-corrected chi connectivity index (χ3v) is 6.43. The average Bonchev–Trinajstić information content (AvgIpc) is 2.72. The second kappa shape index (κ2) is 9.19. The Balaban J connectivity index is 1.93. The van der Waals surface area contributed by atoms with Crippen molar-refractivity contribution in [1.29, 1.82) is 0 Å². The van der Waals surface area contributed by atoms with Gasteiger partial charge in [-0.1, -0.05) is 54.1 Å². The van der Waals surface area contributed by atoms with Crippen molar-refractivity contribution in [1.82, 2.24) is 0 Å². The highest BCUT2D eigenvalue weighted by Gasteiger charge is 2.21. The fourth-order valence-electron chi connectivity index (χ4n) is 3.09. The Hall–Kier alpha value is -3.03. The first-order valence-corrected chi connectivity index (χ1v) is 11.1. The SMILES string of the molecule is CCN(Cc1ccccc1)c1ccc(NS(=O)(=O)c2ccccc2Cl)cc1C(=O)O. The molecule has 156 valence electrons. The average molecular weight is 445 g/mol. The minimum Gasteiger partial charge on any atom is -0.478 e. The van der Waals surface area contributed by atoms with Gasteiger partial charge >= 0.3 is 5.97 Å². The predicted octanol–water partition coefficient (Wildman–Crippen LogP) is 4.87. The number of rotatable bonds is 8. The van der Waals surface area contributed by atoms with Crippen LogP contribution in [0.25, 0.3) is 0 Å². The molecule has 6 nitrogen and oxygen atoms in total. The fourth-order valence-corrected chi connectivity index (χ4v) is 4.66. The minimum atomic E-state index is -3.96. The molecule has 0 spiro atoms. The first-order valence-electron chi connectivity index (χ1n) is 9.25. The molecule has 0 fully saturated rings. The second-order valence-electron chi connectivity index (χ2n) is 6.57. The first kappa shape index (κ1) is 21.7. The van der Waals surface area contributed by atoms with E-state index in [-0.39, 0.29) is 21.2 Å². The van der Waals surface area contributed by atoms with Crippen LogP contribution in [-0.2, 0) is 16.6 Å². The third-order valence-electron chi connectivity index (χ3n) is 4.54. The molecule has 0 amide bonds. The number of nitrogens with one attached hydrogen (secondary N) is 1. The Morgan fingerprint density at radius 3 is 2.33 bits per heavy atom. The number of hydrogen-bond acceptors (Lipinski definition) is 4. The normalized spacial score (nSPS) is 11.1. The van der Waals surface area contributed by atoms with Crippen LogP contribution in [0.2, 0.25) is 5.02 Å². The monoisotopic (exact) mass is 444 g/mol. The van der Waals surface area contributed by atoms with Crippen molar-refractivity contribution >= 4 is 39.0 Å². The molecule has 0 aliphatic heterocycles. The van der Waals surface area contributed by atoms with Crippen molar-refractivity contribution in [3.8, 4) is 0 Å². The molecule has 0 aromatic heterocycles. The van der Waals surface area contributed by atoms with E-state index in [9.17, 15) is 18.3 Å². The van der Waals surface area contributed by atoms with E-state index in [1.165, 1.54) is 18.2 Å². The summed E-state index contributed by atoms with van der Waals surface area (Å²) < 4.78 is 27.7. The van der Waals surface area contributed by atoms with Gasteiger partial charge in [-0.15, -0.1) is 0 Å². The molecule has 0 heterocycles. The van der Waals surface area contributed by atoms with Crippen LogP contribution in [0.1, 0.15) is 22.8 Å². The zero-order valence-corrected chi connectivity index (χ0v) is 17.8. The molecule has 0 saturated carbocycles. The van der Waals surface area contributed by atoms with Gasteiger partial charge in [-0.05, 0) is 42.8 Å². The van der Waals surface area contributed by atoms with Crippen molar-refractivity contribution in [2.24, 2.45) is 0 Å². The molecule has 3 aromatic rings. The van der Waals surface area contributed by atoms with Gasteiger partial charge in [0, 0.05) is 18.8 Å². The Bertz CT molecular complexity index is 1150. The summed E-state index contributed by atoms with van der Waals surface area (Å²) in [4.78, 5) is 13.8. The number of nitrogens with zero attached hydrogens (tertiary/aromatic N) is 1. The van der Waals surface area contributed by atoms with E-state index < -0.39 is 16.0 Å². The molecule has 0 radical (unpaired) electrons. The lowest BCUT2D eigenvalue weighted by atomic mass is 10.1. The molecule has 0 unspecified atom stereocenters. The number of benzene rings is 3. The number of carboxylic acids is 1. The zero-order valence-electron chi connectivity index (χ0n) is 16.2. The molecule has 0 aliphatic carbocycles. The second-order valence-corrected chi connectivity index (χ2v) is 8.63. The van der Waals surface area contributed by atoms with E-state index in [0.29, 0.717) is 18.8 Å². The number of anilines is 2. The van der Waals surface area contributed by atoms with Gasteiger partial charge in [-0.2, -0.15) is 0 Å². The number of hydrogen-bond donors (Lipinski definition) is 2. The van der Waals surface area contributed by atoms with Crippen LogP contribution in [0.4, 0.5) is 11.4 Å². The predicted molar refractivity (Wildman–Crippen MR) is 119 cm³/mol. The number of sulfonamides is 1. The van der Waals surface area contributed by atoms with Crippen molar-refractivity contribution < 1.29 is 18.3 Å². The lowest BCUT2D eigenvalue weighted by molar-refractivity contribution is 0.0697. The molecule has 2 N–H and O–H groups in total. The third kappa shape index (κ3) is 4.93. The van der Waals surface area contributed by atoms with Gasteiger partial charge in [0.2, 0.25) is 0 Å². The molecule has 0 atom stereocenters. The maximum absolute atomic E-state index is 12.7. The zero-order chi connectivity index (χ0) is 21.7. The molecule has 0 saturated heterocycles. The molecule has 3 rings (SSSR count). The van der Waals surface area contributed by atoms with Crippen LogP contribution >= 0.6 is 11.6 Å². The lowest BCUT2D eigenvalue weighted by Crippen LogP contribution is -2.24. The van der Waals surface area contributed by atoms with Gasteiger partial charge in [0.25, 0.3) is 10.0 Å². The number of carboxylic acid groups (broad SMARTS) is 1. The fraction of sp³-hybridized carbons (Fsp3) is 0.136. The number of halogens is 1. The van der Waals surface area contributed by atoms with Crippen molar-refractivity contribution in [3.05, 3.63) is 88.9 Å². The summed E-state index contributed by atoms with van der Waals surface area (Å²) in [6.45, 7) is 3.05. The smallest absolute Gasteiger partial charge is 0.337 e. The van der Waals surface area contributed by atoms with Crippen LogP contribution in [0.5, 0.6) is 0 Å². The van der Waals surface area contributed by atoms with Crippen molar-refractivity contribution in [2.45, 2.75) is 18.4 Å². The summed E-state index contributed by atoms with van der Waals surface area (Å²) in [5, 5.41) is 9.82. The van der Waals surface area contributed by atoms with Crippen molar-refractivity contribution in [2.75, 3.05) is 16.2 Å². The Labute approximate surface area is 180 Å². The van der Waals surface area contributed by atoms with Gasteiger partial charge in [0.1, 0.15) is 4.90 Å². The van der Waals surface area contributed by atoms with Crippen LogP contribution in [0.15, 0.2) is 77.7 Å². The highest BCUT2D eigenvalue weighted by atomic mass is 35.5. The van der Waals surface area contributed by atoms with Crippen LogP contribution in [0.3, 0.4) is 0 Å². The Morgan fingerprint density at radius 2 is 1.70 bits per heavy atom. The molecule has 3 aromatic carbocycles. The lowest BCUT2D eigenvalue weighted by Gasteiger charge is -2.25. The summed E-state index contributed by atoms with van der Waals surface area (Å²) in [6.07, 6.45) is 0. The molecule has 8 heteroatoms. The molecule has 0 bridgehead atoms. The maximum Gasteiger partial charge on any atom is 0.337 e. The van der Waals surface area contributed by atoms with Crippen LogP contribution < -0.4 is 9.62 Å². The quantitative estimate of drug-likeness (QED) is 0.517. The Kier molecular flexibility index (Phi) is 6.64. The summed E-state index contributed by atoms with van der Waals surface area (Å²) in [6, 6.07) is 20.2. The van der Waals surface area contributed by atoms with Crippen LogP contribution in [0, 0.1) is 0 Å². The number of aromatic carboxylic acids is 1. The topological polar surface area (TPSA) is 86.7 Å². The Morgan fingerprint density at radius 1 is 1.03 bits per heavy atom. The van der Waals surface area contributed by atoms with E-state index in [2.05, 4.69) is 4.72 Å². The van der Waals surface area contributed by atoms with Gasteiger partial charge in [0.05, 0.1) is 16.3 Å². The van der Waals surface area contributed by atoms with E-state index in [4.69, 9.17) is 11.6 Å². The minimum absolute atomic E-state index is 0.00661. The van der Waals surface area contributed by atoms with Crippen molar-refractivity contribution in [3.63, 3.8) is 0 Å². The highest BCUT2D eigenvalue weighted by molar-refractivity contribution is 7.92. The molecular formula is C22H21ClN2O4S. The summed E-state index contributed by atoms with van der Waals surface area (Å²) in [5.74, 6) is -1.14. The molecule has 30 heavy (non-hydrogen) atoms. The van der Waals surface area contributed by atoms with E-state index in [1.54, 1.807) is 24.3 Å². The molecule has 0 aliphatic rings. The highest BCUT2D eigenvalue weighted by Crippen LogP contribution is 2.28. The van der Waals surface area contributed by atoms with Gasteiger partial charge < -0.3 is 10.0 Å².